The van der Waals surface area contributed by atoms with Crippen molar-refractivity contribution in [1.82, 2.24) is 5.32 Å². The monoisotopic (exact) mass is 215 g/mol. The summed E-state index contributed by atoms with van der Waals surface area (Å²) in [5.74, 6) is -0.0851. The van der Waals surface area contributed by atoms with Gasteiger partial charge in [0.1, 0.15) is 5.82 Å². The van der Waals surface area contributed by atoms with Crippen LogP contribution in [0.25, 0.3) is 10.8 Å². The molecule has 1 N–H and O–H groups in total. The molecule has 16 heavy (non-hydrogen) atoms. The van der Waals surface area contributed by atoms with Gasteiger partial charge in [-0.1, -0.05) is 24.3 Å². The second-order valence-electron chi connectivity index (χ2n) is 4.37. The molecule has 1 nitrogen and oxygen atoms in total. The van der Waals surface area contributed by atoms with Gasteiger partial charge in [0.2, 0.25) is 0 Å². The second-order valence-corrected chi connectivity index (χ2v) is 4.37. The third-order valence-corrected chi connectivity index (χ3v) is 3.30. The SMILES string of the molecule is Fc1cc2ccccc2cc1C1CCCN1. The van der Waals surface area contributed by atoms with Crippen molar-refractivity contribution in [2.24, 2.45) is 0 Å². The van der Waals surface area contributed by atoms with Gasteiger partial charge in [-0.2, -0.15) is 0 Å². The molecule has 1 atom stereocenters. The molecule has 0 aliphatic carbocycles. The van der Waals surface area contributed by atoms with Crippen molar-refractivity contribution >= 4 is 10.8 Å². The Labute approximate surface area is 94.3 Å². The topological polar surface area (TPSA) is 12.0 Å². The summed E-state index contributed by atoms with van der Waals surface area (Å²) in [6.45, 7) is 0.997. The zero-order chi connectivity index (χ0) is 11.0. The number of hydrogen-bond acceptors (Lipinski definition) is 1. The van der Waals surface area contributed by atoms with Crippen molar-refractivity contribution in [3.63, 3.8) is 0 Å². The van der Waals surface area contributed by atoms with Gasteiger partial charge >= 0.3 is 0 Å². The van der Waals surface area contributed by atoms with Crippen LogP contribution in [0.15, 0.2) is 36.4 Å². The zero-order valence-electron chi connectivity index (χ0n) is 9.04. The molecule has 0 saturated carbocycles. The molecule has 2 heteroatoms. The minimum atomic E-state index is -0.0851. The van der Waals surface area contributed by atoms with Crippen molar-refractivity contribution in [3.05, 3.63) is 47.8 Å². The molecule has 3 rings (SSSR count). The van der Waals surface area contributed by atoms with Gasteiger partial charge in [0.25, 0.3) is 0 Å². The Morgan fingerprint density at radius 1 is 1.12 bits per heavy atom. The summed E-state index contributed by atoms with van der Waals surface area (Å²) in [5.41, 5.74) is 0.816. The molecule has 2 aromatic rings. The van der Waals surface area contributed by atoms with Crippen molar-refractivity contribution in [1.29, 1.82) is 0 Å². The van der Waals surface area contributed by atoms with Gasteiger partial charge in [0, 0.05) is 11.6 Å². The van der Waals surface area contributed by atoms with Gasteiger partial charge in [0.15, 0.2) is 0 Å². The van der Waals surface area contributed by atoms with Crippen LogP contribution >= 0.6 is 0 Å². The third-order valence-electron chi connectivity index (χ3n) is 3.30. The van der Waals surface area contributed by atoms with Crippen LogP contribution in [0.4, 0.5) is 4.39 Å². The lowest BCUT2D eigenvalue weighted by molar-refractivity contribution is 0.560. The highest BCUT2D eigenvalue weighted by Crippen LogP contribution is 2.28. The van der Waals surface area contributed by atoms with E-state index in [1.807, 2.05) is 30.3 Å². The van der Waals surface area contributed by atoms with Crippen molar-refractivity contribution in [2.45, 2.75) is 18.9 Å². The Bertz CT molecular complexity index is 515. The maximum atomic E-state index is 13.9. The van der Waals surface area contributed by atoms with E-state index in [0.717, 1.165) is 35.7 Å². The Balaban J connectivity index is 2.13. The molecule has 1 saturated heterocycles. The lowest BCUT2D eigenvalue weighted by Crippen LogP contribution is -2.14. The fourth-order valence-electron chi connectivity index (χ4n) is 2.45. The number of halogens is 1. The maximum Gasteiger partial charge on any atom is 0.128 e. The summed E-state index contributed by atoms with van der Waals surface area (Å²) in [6.07, 6.45) is 2.17. The molecule has 1 heterocycles. The fourth-order valence-corrected chi connectivity index (χ4v) is 2.45. The van der Waals surface area contributed by atoms with E-state index in [9.17, 15) is 4.39 Å². The van der Waals surface area contributed by atoms with Gasteiger partial charge < -0.3 is 5.32 Å². The van der Waals surface area contributed by atoms with Gasteiger partial charge in [-0.25, -0.2) is 4.39 Å². The van der Waals surface area contributed by atoms with Gasteiger partial charge in [0.05, 0.1) is 0 Å². The summed E-state index contributed by atoms with van der Waals surface area (Å²) in [5, 5.41) is 5.43. The molecule has 1 aliphatic heterocycles. The average molecular weight is 215 g/mol. The third kappa shape index (κ3) is 1.59. The van der Waals surface area contributed by atoms with E-state index in [1.165, 1.54) is 0 Å². The Kier molecular flexibility index (Phi) is 2.37. The first kappa shape index (κ1) is 9.79. The predicted molar refractivity (Wildman–Crippen MR) is 63.9 cm³/mol. The lowest BCUT2D eigenvalue weighted by atomic mass is 10.0. The zero-order valence-corrected chi connectivity index (χ0v) is 9.04. The van der Waals surface area contributed by atoms with E-state index in [2.05, 4.69) is 5.32 Å². The van der Waals surface area contributed by atoms with Gasteiger partial charge in [-0.05, 0) is 42.3 Å². The summed E-state index contributed by atoms with van der Waals surface area (Å²) < 4.78 is 13.9. The van der Waals surface area contributed by atoms with Crippen LogP contribution in [0.1, 0.15) is 24.4 Å². The Hall–Kier alpha value is -1.41. The predicted octanol–water partition coefficient (Wildman–Crippen LogP) is 3.40. The standard InChI is InChI=1S/C14H14FN/c15-13-9-11-5-2-1-4-10(11)8-12(13)14-6-3-7-16-14/h1-2,4-5,8-9,14,16H,3,6-7H2. The molecule has 0 radical (unpaired) electrons. The summed E-state index contributed by atoms with van der Waals surface area (Å²) in [6, 6.07) is 11.7. The molecular formula is C14H14FN. The van der Waals surface area contributed by atoms with Crippen LogP contribution in [0, 0.1) is 5.82 Å². The minimum Gasteiger partial charge on any atom is -0.310 e. The van der Waals surface area contributed by atoms with Crippen LogP contribution in [0.3, 0.4) is 0 Å². The Morgan fingerprint density at radius 2 is 1.88 bits per heavy atom. The highest BCUT2D eigenvalue weighted by atomic mass is 19.1. The smallest absolute Gasteiger partial charge is 0.128 e. The lowest BCUT2D eigenvalue weighted by Gasteiger charge is -2.12. The van der Waals surface area contributed by atoms with Crippen LogP contribution in [0.2, 0.25) is 0 Å². The van der Waals surface area contributed by atoms with E-state index in [-0.39, 0.29) is 11.9 Å². The molecule has 0 amide bonds. The largest absolute Gasteiger partial charge is 0.310 e. The maximum absolute atomic E-state index is 13.9. The first-order valence-electron chi connectivity index (χ1n) is 5.76. The fraction of sp³-hybridized carbons (Fsp3) is 0.286. The highest BCUT2D eigenvalue weighted by Gasteiger charge is 2.19. The summed E-state index contributed by atoms with van der Waals surface area (Å²) in [7, 11) is 0. The molecule has 1 fully saturated rings. The van der Waals surface area contributed by atoms with Crippen LogP contribution in [-0.2, 0) is 0 Å². The normalized spacial score (nSPS) is 20.4. The van der Waals surface area contributed by atoms with Crippen molar-refractivity contribution < 1.29 is 4.39 Å². The van der Waals surface area contributed by atoms with Gasteiger partial charge in [-0.3, -0.25) is 0 Å². The van der Waals surface area contributed by atoms with Crippen LogP contribution < -0.4 is 5.32 Å². The second kappa shape index (κ2) is 3.87. The first-order valence-corrected chi connectivity index (χ1v) is 5.76. The summed E-state index contributed by atoms with van der Waals surface area (Å²) >= 11 is 0. The average Bonchev–Trinajstić information content (AvgIpc) is 2.81. The number of nitrogens with one attached hydrogen (secondary N) is 1. The van der Waals surface area contributed by atoms with E-state index >= 15 is 0 Å². The van der Waals surface area contributed by atoms with E-state index in [4.69, 9.17) is 0 Å². The van der Waals surface area contributed by atoms with E-state index in [0.29, 0.717) is 0 Å². The molecule has 0 bridgehead atoms. The van der Waals surface area contributed by atoms with E-state index < -0.39 is 0 Å². The first-order chi connectivity index (χ1) is 7.84. The van der Waals surface area contributed by atoms with Gasteiger partial charge in [-0.15, -0.1) is 0 Å². The molecule has 2 aromatic carbocycles. The summed E-state index contributed by atoms with van der Waals surface area (Å²) in [4.78, 5) is 0. The molecule has 0 aromatic heterocycles. The molecule has 1 aliphatic rings. The molecular weight excluding hydrogens is 201 g/mol. The molecule has 0 spiro atoms. The molecule has 1 unspecified atom stereocenters. The Morgan fingerprint density at radius 3 is 2.56 bits per heavy atom. The quantitative estimate of drug-likeness (QED) is 0.768. The number of rotatable bonds is 1. The van der Waals surface area contributed by atoms with Crippen LogP contribution in [0.5, 0.6) is 0 Å². The number of fused-ring (bicyclic) bond motifs is 1. The van der Waals surface area contributed by atoms with Crippen molar-refractivity contribution in [3.8, 4) is 0 Å². The van der Waals surface area contributed by atoms with E-state index in [1.54, 1.807) is 6.07 Å². The van der Waals surface area contributed by atoms with Crippen molar-refractivity contribution in [2.75, 3.05) is 6.54 Å². The highest BCUT2D eigenvalue weighted by molar-refractivity contribution is 5.83. The minimum absolute atomic E-state index is 0.0851. The molecule has 82 valence electrons. The van der Waals surface area contributed by atoms with Crippen LogP contribution in [-0.4, -0.2) is 6.54 Å². The number of benzene rings is 2. The number of hydrogen-bond donors (Lipinski definition) is 1.